The van der Waals surface area contributed by atoms with Crippen LogP contribution in [0.1, 0.15) is 22.5 Å². The molecule has 15 heavy (non-hydrogen) atoms. The predicted octanol–water partition coefficient (Wildman–Crippen LogP) is 1.80. The van der Waals surface area contributed by atoms with E-state index >= 15 is 0 Å². The second-order valence-electron chi connectivity index (χ2n) is 3.77. The van der Waals surface area contributed by atoms with Crippen molar-refractivity contribution in [3.05, 3.63) is 22.4 Å². The number of likely N-dealkylation sites (tertiary alicyclic amines) is 1. The first kappa shape index (κ1) is 10.4. The van der Waals surface area contributed by atoms with E-state index in [4.69, 9.17) is 0 Å². The maximum Gasteiger partial charge on any atom is 0.263 e. The van der Waals surface area contributed by atoms with Crippen LogP contribution in [0.2, 0.25) is 0 Å². The van der Waals surface area contributed by atoms with Crippen molar-refractivity contribution in [3.63, 3.8) is 0 Å². The molecule has 2 rings (SSSR count). The van der Waals surface area contributed by atoms with Crippen molar-refractivity contribution < 1.29 is 9.59 Å². The van der Waals surface area contributed by atoms with Crippen molar-refractivity contribution in [1.82, 2.24) is 4.90 Å². The average Bonchev–Trinajstić information content (AvgIpc) is 2.81. The smallest absolute Gasteiger partial charge is 0.263 e. The summed E-state index contributed by atoms with van der Waals surface area (Å²) in [6, 6.07) is 3.70. The van der Waals surface area contributed by atoms with Gasteiger partial charge in [-0.2, -0.15) is 0 Å². The molecule has 0 N–H and O–H groups in total. The number of hydrogen-bond donors (Lipinski definition) is 0. The Morgan fingerprint density at radius 2 is 2.47 bits per heavy atom. The van der Waals surface area contributed by atoms with Crippen LogP contribution in [-0.2, 0) is 4.79 Å². The highest BCUT2D eigenvalue weighted by Gasteiger charge is 2.24. The van der Waals surface area contributed by atoms with Gasteiger partial charge >= 0.3 is 0 Å². The Bertz CT molecular complexity index is 347. The maximum atomic E-state index is 11.9. The lowest BCUT2D eigenvalue weighted by Crippen LogP contribution is -2.40. The minimum Gasteiger partial charge on any atom is -0.337 e. The molecule has 1 unspecified atom stereocenters. The van der Waals surface area contributed by atoms with Crippen LogP contribution in [0.25, 0.3) is 0 Å². The molecule has 80 valence electrons. The summed E-state index contributed by atoms with van der Waals surface area (Å²) in [4.78, 5) is 25.2. The first-order chi connectivity index (χ1) is 7.31. The van der Waals surface area contributed by atoms with E-state index in [1.165, 1.54) is 11.3 Å². The molecule has 0 aliphatic carbocycles. The van der Waals surface area contributed by atoms with Gasteiger partial charge < -0.3 is 9.69 Å². The zero-order valence-electron chi connectivity index (χ0n) is 8.39. The lowest BCUT2D eigenvalue weighted by molar-refractivity contribution is -0.112. The fraction of sp³-hybridized carbons (Fsp3) is 0.455. The Morgan fingerprint density at radius 1 is 1.60 bits per heavy atom. The monoisotopic (exact) mass is 223 g/mol. The van der Waals surface area contributed by atoms with E-state index < -0.39 is 0 Å². The van der Waals surface area contributed by atoms with Gasteiger partial charge in [0, 0.05) is 19.0 Å². The van der Waals surface area contributed by atoms with Crippen molar-refractivity contribution >= 4 is 23.5 Å². The standard InChI is InChI=1S/C11H13NO2S/c13-8-9-3-1-5-12(7-9)11(14)10-4-2-6-15-10/h2,4,6,8-9H,1,3,5,7H2. The number of hydrogen-bond acceptors (Lipinski definition) is 3. The van der Waals surface area contributed by atoms with Gasteiger partial charge in [-0.15, -0.1) is 11.3 Å². The molecule has 1 aromatic heterocycles. The summed E-state index contributed by atoms with van der Waals surface area (Å²) in [7, 11) is 0. The summed E-state index contributed by atoms with van der Waals surface area (Å²) in [5.41, 5.74) is 0. The van der Waals surface area contributed by atoms with Crippen molar-refractivity contribution in [2.45, 2.75) is 12.8 Å². The second-order valence-corrected chi connectivity index (χ2v) is 4.71. The Balaban J connectivity index is 2.04. The molecule has 0 aromatic carbocycles. The molecule has 1 atom stereocenters. The van der Waals surface area contributed by atoms with E-state index in [-0.39, 0.29) is 11.8 Å². The number of thiophene rings is 1. The van der Waals surface area contributed by atoms with Gasteiger partial charge in [-0.25, -0.2) is 0 Å². The van der Waals surface area contributed by atoms with Crippen molar-refractivity contribution in [2.24, 2.45) is 5.92 Å². The van der Waals surface area contributed by atoms with Crippen molar-refractivity contribution in [1.29, 1.82) is 0 Å². The highest BCUT2D eigenvalue weighted by Crippen LogP contribution is 2.19. The molecule has 4 heteroatoms. The van der Waals surface area contributed by atoms with E-state index in [0.717, 1.165) is 30.5 Å². The van der Waals surface area contributed by atoms with Gasteiger partial charge in [0.2, 0.25) is 0 Å². The van der Waals surface area contributed by atoms with Gasteiger partial charge in [0.15, 0.2) is 0 Å². The molecule has 2 heterocycles. The molecule has 1 saturated heterocycles. The minimum atomic E-state index is 0.0302. The summed E-state index contributed by atoms with van der Waals surface area (Å²) in [6.07, 6.45) is 2.81. The maximum absolute atomic E-state index is 11.9. The lowest BCUT2D eigenvalue weighted by Gasteiger charge is -2.29. The third-order valence-electron chi connectivity index (χ3n) is 2.67. The number of rotatable bonds is 2. The van der Waals surface area contributed by atoms with Gasteiger partial charge in [-0.3, -0.25) is 4.79 Å². The Labute approximate surface area is 92.7 Å². The number of amides is 1. The molecule has 1 amide bonds. The Morgan fingerprint density at radius 3 is 3.13 bits per heavy atom. The van der Waals surface area contributed by atoms with Crippen LogP contribution in [0.3, 0.4) is 0 Å². The summed E-state index contributed by atoms with van der Waals surface area (Å²) < 4.78 is 0. The normalized spacial score (nSPS) is 21.3. The molecule has 1 aliphatic heterocycles. The number of carbonyl (C=O) groups is 2. The van der Waals surface area contributed by atoms with Gasteiger partial charge in [-0.05, 0) is 24.3 Å². The van der Waals surface area contributed by atoms with E-state index in [1.54, 1.807) is 4.90 Å². The summed E-state index contributed by atoms with van der Waals surface area (Å²) in [5, 5.41) is 1.90. The number of piperidine rings is 1. The van der Waals surface area contributed by atoms with Gasteiger partial charge in [-0.1, -0.05) is 6.07 Å². The van der Waals surface area contributed by atoms with Crippen LogP contribution in [0.5, 0.6) is 0 Å². The SMILES string of the molecule is O=CC1CCCN(C(=O)c2cccs2)C1. The molecule has 0 spiro atoms. The summed E-state index contributed by atoms with van der Waals surface area (Å²) in [6.45, 7) is 1.36. The second kappa shape index (κ2) is 4.57. The third kappa shape index (κ3) is 2.26. The van der Waals surface area contributed by atoms with E-state index in [0.29, 0.717) is 6.54 Å². The minimum absolute atomic E-state index is 0.0302. The zero-order valence-corrected chi connectivity index (χ0v) is 9.20. The predicted molar refractivity (Wildman–Crippen MR) is 59.0 cm³/mol. The van der Waals surface area contributed by atoms with E-state index in [9.17, 15) is 9.59 Å². The topological polar surface area (TPSA) is 37.4 Å². The third-order valence-corrected chi connectivity index (χ3v) is 3.53. The van der Waals surface area contributed by atoms with Crippen LogP contribution < -0.4 is 0 Å². The fourth-order valence-electron chi connectivity index (χ4n) is 1.86. The molecule has 0 saturated carbocycles. The number of nitrogens with zero attached hydrogens (tertiary/aromatic N) is 1. The molecule has 1 aromatic rings. The number of carbonyl (C=O) groups excluding carboxylic acids is 2. The largest absolute Gasteiger partial charge is 0.337 e. The molecule has 3 nitrogen and oxygen atoms in total. The lowest BCUT2D eigenvalue weighted by atomic mass is 10.00. The Kier molecular flexibility index (Phi) is 3.16. The van der Waals surface area contributed by atoms with Crippen LogP contribution in [0, 0.1) is 5.92 Å². The first-order valence-corrected chi connectivity index (χ1v) is 5.97. The Hall–Kier alpha value is -1.16. The van der Waals surface area contributed by atoms with Crippen LogP contribution in [-0.4, -0.2) is 30.2 Å². The highest BCUT2D eigenvalue weighted by atomic mass is 32.1. The van der Waals surface area contributed by atoms with E-state index in [1.807, 2.05) is 17.5 Å². The van der Waals surface area contributed by atoms with Crippen molar-refractivity contribution in [3.8, 4) is 0 Å². The molecule has 0 bridgehead atoms. The fourth-order valence-corrected chi connectivity index (χ4v) is 2.55. The van der Waals surface area contributed by atoms with Crippen LogP contribution in [0.15, 0.2) is 17.5 Å². The molecular weight excluding hydrogens is 210 g/mol. The van der Waals surface area contributed by atoms with Crippen LogP contribution in [0.4, 0.5) is 0 Å². The average molecular weight is 223 g/mol. The van der Waals surface area contributed by atoms with E-state index in [2.05, 4.69) is 0 Å². The summed E-state index contributed by atoms with van der Waals surface area (Å²) >= 11 is 1.45. The van der Waals surface area contributed by atoms with Crippen molar-refractivity contribution in [2.75, 3.05) is 13.1 Å². The molecule has 0 radical (unpaired) electrons. The molecule has 1 fully saturated rings. The highest BCUT2D eigenvalue weighted by molar-refractivity contribution is 7.12. The van der Waals surface area contributed by atoms with Gasteiger partial charge in [0.05, 0.1) is 4.88 Å². The van der Waals surface area contributed by atoms with Crippen LogP contribution >= 0.6 is 11.3 Å². The number of aldehydes is 1. The molecule has 1 aliphatic rings. The molecular formula is C11H13NO2S. The van der Waals surface area contributed by atoms with Gasteiger partial charge in [0.1, 0.15) is 6.29 Å². The zero-order chi connectivity index (χ0) is 10.7. The first-order valence-electron chi connectivity index (χ1n) is 5.09. The quantitative estimate of drug-likeness (QED) is 0.717. The summed E-state index contributed by atoms with van der Waals surface area (Å²) in [5.74, 6) is 0.0965. The van der Waals surface area contributed by atoms with Gasteiger partial charge in [0.25, 0.3) is 5.91 Å².